The van der Waals surface area contributed by atoms with Crippen molar-refractivity contribution in [1.29, 1.82) is 0 Å². The first-order chi connectivity index (χ1) is 4.79. The summed E-state index contributed by atoms with van der Waals surface area (Å²) in [6.07, 6.45) is 3.53. The lowest BCUT2D eigenvalue weighted by Crippen LogP contribution is -1.81. The molecule has 0 saturated carbocycles. The molecule has 10 heavy (non-hydrogen) atoms. The van der Waals surface area contributed by atoms with E-state index in [0.717, 1.165) is 4.90 Å². The van der Waals surface area contributed by atoms with Gasteiger partial charge in [0.1, 0.15) is 0 Å². The van der Waals surface area contributed by atoms with E-state index in [1.54, 1.807) is 24.2 Å². The van der Waals surface area contributed by atoms with Gasteiger partial charge in [-0.2, -0.15) is 0 Å². The molecule has 0 aliphatic carbocycles. The molecule has 1 unspecified atom stereocenters. The van der Waals surface area contributed by atoms with Crippen molar-refractivity contribution >= 4 is 23.4 Å². The average Bonchev–Trinajstić information content (AvgIpc) is 1.88. The molecule has 0 N–H and O–H groups in total. The third-order valence-corrected chi connectivity index (χ3v) is 2.08. The minimum absolute atomic E-state index is 0.127. The van der Waals surface area contributed by atoms with Gasteiger partial charge < -0.3 is 0 Å². The molecule has 0 saturated heterocycles. The first kappa shape index (κ1) is 7.89. The number of rotatable bonds is 2. The lowest BCUT2D eigenvalue weighted by atomic mass is 10.5. The van der Waals surface area contributed by atoms with E-state index >= 15 is 0 Å². The number of thioether (sulfide) groups is 1. The van der Waals surface area contributed by atoms with Crippen LogP contribution in [0.4, 0.5) is 0 Å². The summed E-state index contributed by atoms with van der Waals surface area (Å²) in [5, 5.41) is 0. The number of hydrogen-bond donors (Lipinski definition) is 0. The molecule has 1 nitrogen and oxygen atoms in total. The lowest BCUT2D eigenvalue weighted by Gasteiger charge is -2.00. The average molecular weight is 174 g/mol. The Morgan fingerprint density at radius 3 is 2.60 bits per heavy atom. The Morgan fingerprint density at radius 1 is 1.50 bits per heavy atom. The van der Waals surface area contributed by atoms with Gasteiger partial charge in [0.25, 0.3) is 0 Å². The summed E-state index contributed by atoms with van der Waals surface area (Å²) in [5.41, 5.74) is 0. The van der Waals surface area contributed by atoms with Gasteiger partial charge in [-0.3, -0.25) is 4.98 Å². The molecule has 1 rings (SSSR count). The zero-order chi connectivity index (χ0) is 7.40. The molecule has 0 aliphatic heterocycles. The van der Waals surface area contributed by atoms with Crippen LogP contribution in [0, 0.1) is 0 Å². The maximum absolute atomic E-state index is 5.75. The van der Waals surface area contributed by atoms with Crippen LogP contribution in [0.2, 0.25) is 0 Å². The highest BCUT2D eigenvalue weighted by atomic mass is 35.5. The zero-order valence-corrected chi connectivity index (χ0v) is 7.19. The SMILES string of the molecule is CC(Cl)Sc1ccncc1. The monoisotopic (exact) mass is 173 g/mol. The van der Waals surface area contributed by atoms with Crippen molar-refractivity contribution in [3.05, 3.63) is 24.5 Å². The number of pyridine rings is 1. The summed E-state index contributed by atoms with van der Waals surface area (Å²) in [4.78, 5) is 5.06. The van der Waals surface area contributed by atoms with Gasteiger partial charge >= 0.3 is 0 Å². The molecule has 1 aromatic heterocycles. The Balaban J connectivity index is 2.59. The van der Waals surface area contributed by atoms with Gasteiger partial charge in [0, 0.05) is 17.3 Å². The van der Waals surface area contributed by atoms with Crippen molar-refractivity contribution in [2.75, 3.05) is 0 Å². The van der Waals surface area contributed by atoms with Crippen molar-refractivity contribution in [1.82, 2.24) is 4.98 Å². The van der Waals surface area contributed by atoms with Gasteiger partial charge in [-0.15, -0.1) is 23.4 Å². The first-order valence-electron chi connectivity index (χ1n) is 3.00. The van der Waals surface area contributed by atoms with Crippen molar-refractivity contribution in [2.24, 2.45) is 0 Å². The molecule has 0 radical (unpaired) electrons. The highest BCUT2D eigenvalue weighted by Gasteiger charge is 1.96. The van der Waals surface area contributed by atoms with E-state index in [4.69, 9.17) is 11.6 Å². The smallest absolute Gasteiger partial charge is 0.0807 e. The molecule has 1 heterocycles. The molecule has 1 atom stereocenters. The van der Waals surface area contributed by atoms with Gasteiger partial charge in [0.2, 0.25) is 0 Å². The Kier molecular flexibility index (Phi) is 3.03. The van der Waals surface area contributed by atoms with Crippen LogP contribution >= 0.6 is 23.4 Å². The van der Waals surface area contributed by atoms with Crippen LogP contribution in [-0.2, 0) is 0 Å². The molecule has 0 fully saturated rings. The highest BCUT2D eigenvalue weighted by molar-refractivity contribution is 8.01. The van der Waals surface area contributed by atoms with Crippen LogP contribution < -0.4 is 0 Å². The molecule has 0 aliphatic rings. The van der Waals surface area contributed by atoms with Gasteiger partial charge in [-0.1, -0.05) is 0 Å². The Bertz CT molecular complexity index is 188. The maximum atomic E-state index is 5.75. The van der Waals surface area contributed by atoms with E-state index in [1.165, 1.54) is 0 Å². The van der Waals surface area contributed by atoms with Gasteiger partial charge in [-0.25, -0.2) is 0 Å². The number of aromatic nitrogens is 1. The number of alkyl halides is 1. The third kappa shape index (κ3) is 2.58. The fraction of sp³-hybridized carbons (Fsp3) is 0.286. The standard InChI is InChI=1S/C7H8ClNS/c1-6(8)10-7-2-4-9-5-3-7/h2-6H,1H3. The van der Waals surface area contributed by atoms with Crippen LogP contribution in [0.5, 0.6) is 0 Å². The Morgan fingerprint density at radius 2 is 2.10 bits per heavy atom. The second-order valence-corrected chi connectivity index (χ2v) is 4.17. The van der Waals surface area contributed by atoms with Gasteiger partial charge in [0.15, 0.2) is 0 Å². The van der Waals surface area contributed by atoms with E-state index in [2.05, 4.69) is 4.98 Å². The summed E-state index contributed by atoms with van der Waals surface area (Å²) < 4.78 is 0.127. The Hall–Kier alpha value is -0.210. The minimum atomic E-state index is 0.127. The van der Waals surface area contributed by atoms with Crippen LogP contribution in [-0.4, -0.2) is 9.69 Å². The summed E-state index contributed by atoms with van der Waals surface area (Å²) >= 11 is 7.38. The zero-order valence-electron chi connectivity index (χ0n) is 5.62. The topological polar surface area (TPSA) is 12.9 Å². The largest absolute Gasteiger partial charge is 0.265 e. The molecule has 0 aromatic carbocycles. The van der Waals surface area contributed by atoms with Crippen molar-refractivity contribution in [2.45, 2.75) is 16.5 Å². The molecule has 54 valence electrons. The number of hydrogen-bond acceptors (Lipinski definition) is 2. The molecule has 0 spiro atoms. The predicted octanol–water partition coefficient (Wildman–Crippen LogP) is 2.76. The van der Waals surface area contributed by atoms with E-state index < -0.39 is 0 Å². The molecular formula is C7H8ClNS. The minimum Gasteiger partial charge on any atom is -0.265 e. The number of nitrogens with zero attached hydrogens (tertiary/aromatic N) is 1. The summed E-state index contributed by atoms with van der Waals surface area (Å²) in [6.45, 7) is 1.95. The van der Waals surface area contributed by atoms with E-state index in [-0.39, 0.29) is 4.71 Å². The van der Waals surface area contributed by atoms with Crippen molar-refractivity contribution in [3.8, 4) is 0 Å². The van der Waals surface area contributed by atoms with Crippen molar-refractivity contribution in [3.63, 3.8) is 0 Å². The predicted molar refractivity (Wildman–Crippen MR) is 45.4 cm³/mol. The van der Waals surface area contributed by atoms with E-state index in [1.807, 2.05) is 19.1 Å². The Labute approximate surface area is 69.8 Å². The maximum Gasteiger partial charge on any atom is 0.0807 e. The molecule has 0 bridgehead atoms. The van der Waals surface area contributed by atoms with E-state index in [0.29, 0.717) is 0 Å². The fourth-order valence-corrected chi connectivity index (χ4v) is 1.57. The van der Waals surface area contributed by atoms with Gasteiger partial charge in [-0.05, 0) is 19.1 Å². The van der Waals surface area contributed by atoms with Crippen LogP contribution in [0.15, 0.2) is 29.4 Å². The second kappa shape index (κ2) is 3.84. The van der Waals surface area contributed by atoms with Crippen LogP contribution in [0.25, 0.3) is 0 Å². The fourth-order valence-electron chi connectivity index (χ4n) is 0.604. The summed E-state index contributed by atoms with van der Waals surface area (Å²) in [7, 11) is 0. The van der Waals surface area contributed by atoms with Crippen LogP contribution in [0.1, 0.15) is 6.92 Å². The molecule has 1 aromatic rings. The molecule has 0 amide bonds. The number of halogens is 1. The first-order valence-corrected chi connectivity index (χ1v) is 4.31. The normalized spacial score (nSPS) is 13.0. The van der Waals surface area contributed by atoms with Crippen molar-refractivity contribution < 1.29 is 0 Å². The lowest BCUT2D eigenvalue weighted by molar-refractivity contribution is 1.25. The summed E-state index contributed by atoms with van der Waals surface area (Å²) in [6, 6.07) is 3.90. The third-order valence-electron chi connectivity index (χ3n) is 0.948. The molecular weight excluding hydrogens is 166 g/mol. The van der Waals surface area contributed by atoms with E-state index in [9.17, 15) is 0 Å². The quantitative estimate of drug-likeness (QED) is 0.504. The second-order valence-electron chi connectivity index (χ2n) is 1.84. The molecule has 3 heteroatoms. The van der Waals surface area contributed by atoms with Crippen LogP contribution in [0.3, 0.4) is 0 Å². The van der Waals surface area contributed by atoms with Gasteiger partial charge in [0.05, 0.1) is 4.71 Å². The summed E-state index contributed by atoms with van der Waals surface area (Å²) in [5.74, 6) is 0. The highest BCUT2D eigenvalue weighted by Crippen LogP contribution is 2.23.